The zero-order chi connectivity index (χ0) is 34.8. The summed E-state index contributed by atoms with van der Waals surface area (Å²) in [6, 6.07) is 3.55. The quantitative estimate of drug-likeness (QED) is 0.128. The van der Waals surface area contributed by atoms with Gasteiger partial charge < -0.3 is 4.74 Å². The number of hydrogen-bond acceptors (Lipinski definition) is 8. The second-order valence-corrected chi connectivity index (χ2v) is 17.6. The summed E-state index contributed by atoms with van der Waals surface area (Å²) >= 11 is 0. The van der Waals surface area contributed by atoms with Crippen LogP contribution in [-0.4, -0.2) is 28.6 Å². The molecule has 10 heteroatoms. The summed E-state index contributed by atoms with van der Waals surface area (Å²) in [6.45, 7) is 19.4. The maximum Gasteiger partial charge on any atom is 0.305 e. The molecule has 0 saturated heterocycles. The fourth-order valence-corrected chi connectivity index (χ4v) is 11.7. The highest BCUT2D eigenvalue weighted by molar-refractivity contribution is 5.89. The third kappa shape index (κ3) is 5.65. The first-order valence-electron chi connectivity index (χ1n) is 17.6. The van der Waals surface area contributed by atoms with Crippen LogP contribution >= 0.6 is 0 Å². The van der Waals surface area contributed by atoms with Crippen LogP contribution in [-0.2, 0) is 9.53 Å². The molecule has 4 aliphatic rings. The normalized spacial score (nSPS) is 39.5. The molecule has 0 spiro atoms. The number of fused-ring (bicyclic) bond motifs is 5. The molecule has 260 valence electrons. The van der Waals surface area contributed by atoms with Gasteiger partial charge in [0.25, 0.3) is 5.69 Å². The Balaban J connectivity index is 1.51. The number of anilines is 1. The standard InChI is InChI=1S/C37H56N4O6/c1-24(38-39-26-11-10-25(40(43)44)22-27(26)41(45)46)34(5)15-14-29-35(6,28(34)12-13-31(42)47-9)19-21-37(8)30-23-32(2,3)16-17-33(30,4)18-20-36(29,37)7/h10-11,22,28-30,39H,12-21,23H2,1-9H3/b38-24+. The van der Waals surface area contributed by atoms with Crippen LogP contribution < -0.4 is 5.43 Å². The number of nitrogens with zero attached hydrogens (tertiary/aromatic N) is 3. The van der Waals surface area contributed by atoms with Crippen LogP contribution in [0.4, 0.5) is 17.1 Å². The summed E-state index contributed by atoms with van der Waals surface area (Å²) in [5.74, 6) is 1.11. The summed E-state index contributed by atoms with van der Waals surface area (Å²) in [4.78, 5) is 34.4. The number of nitro groups is 2. The molecule has 0 amide bonds. The van der Waals surface area contributed by atoms with E-state index in [-0.39, 0.29) is 44.9 Å². The Hall–Kier alpha value is -3.04. The zero-order valence-corrected chi connectivity index (χ0v) is 30.0. The van der Waals surface area contributed by atoms with E-state index < -0.39 is 15.5 Å². The number of hydrazone groups is 1. The van der Waals surface area contributed by atoms with Crippen molar-refractivity contribution < 1.29 is 19.4 Å². The second-order valence-electron chi connectivity index (χ2n) is 17.6. The number of ether oxygens (including phenoxy) is 1. The van der Waals surface area contributed by atoms with Crippen molar-refractivity contribution >= 4 is 28.7 Å². The smallest absolute Gasteiger partial charge is 0.305 e. The summed E-state index contributed by atoms with van der Waals surface area (Å²) in [6.07, 6.45) is 11.6. The third-order valence-corrected chi connectivity index (χ3v) is 14.9. The van der Waals surface area contributed by atoms with Gasteiger partial charge in [0.05, 0.1) is 23.0 Å². The number of benzene rings is 1. The molecule has 1 aromatic carbocycles. The Kier molecular flexibility index (Phi) is 8.88. The van der Waals surface area contributed by atoms with Crippen LogP contribution in [0.15, 0.2) is 23.3 Å². The average Bonchev–Trinajstić information content (AvgIpc) is 3.01. The maximum absolute atomic E-state index is 12.6. The third-order valence-electron chi connectivity index (χ3n) is 14.9. The molecule has 4 fully saturated rings. The zero-order valence-electron chi connectivity index (χ0n) is 30.0. The first kappa shape index (κ1) is 35.3. The van der Waals surface area contributed by atoms with E-state index in [9.17, 15) is 25.0 Å². The lowest BCUT2D eigenvalue weighted by Gasteiger charge is -2.74. The Morgan fingerprint density at radius 1 is 0.915 bits per heavy atom. The number of hydrogen-bond donors (Lipinski definition) is 1. The SMILES string of the molecule is COC(=O)CCC1C(C)(/C(C)=N/Nc2ccc([N+](=O)[O-])cc2[N+](=O)[O-])CCC2C1(C)CCC1(C)C3CC(C)(C)CCC3(C)CCC21C. The van der Waals surface area contributed by atoms with E-state index >= 15 is 0 Å². The summed E-state index contributed by atoms with van der Waals surface area (Å²) < 4.78 is 5.12. The van der Waals surface area contributed by atoms with Gasteiger partial charge in [-0.05, 0) is 122 Å². The minimum Gasteiger partial charge on any atom is -0.469 e. The largest absolute Gasteiger partial charge is 0.469 e. The molecule has 8 atom stereocenters. The minimum absolute atomic E-state index is 0.0384. The van der Waals surface area contributed by atoms with Gasteiger partial charge in [-0.1, -0.05) is 48.5 Å². The van der Waals surface area contributed by atoms with Crippen molar-refractivity contribution in [3.8, 4) is 0 Å². The summed E-state index contributed by atoms with van der Waals surface area (Å²) in [7, 11) is 1.44. The molecule has 47 heavy (non-hydrogen) atoms. The summed E-state index contributed by atoms with van der Waals surface area (Å²) in [5.41, 5.74) is 3.84. The second kappa shape index (κ2) is 11.8. The number of nitrogens with one attached hydrogen (secondary N) is 1. The molecule has 0 bridgehead atoms. The van der Waals surface area contributed by atoms with Crippen LogP contribution in [0.2, 0.25) is 0 Å². The van der Waals surface area contributed by atoms with Crippen molar-refractivity contribution in [3.05, 3.63) is 38.4 Å². The number of rotatable bonds is 8. The summed E-state index contributed by atoms with van der Waals surface area (Å²) in [5, 5.41) is 27.8. The minimum atomic E-state index is -0.644. The molecule has 0 aromatic heterocycles. The molecule has 5 rings (SSSR count). The highest BCUT2D eigenvalue weighted by Crippen LogP contribution is 2.77. The molecule has 1 aromatic rings. The van der Waals surface area contributed by atoms with Crippen molar-refractivity contribution in [3.63, 3.8) is 0 Å². The van der Waals surface area contributed by atoms with Gasteiger partial charge in [-0.25, -0.2) is 0 Å². The van der Waals surface area contributed by atoms with Crippen LogP contribution in [0.3, 0.4) is 0 Å². The lowest BCUT2D eigenvalue weighted by Crippen LogP contribution is -2.67. The highest BCUT2D eigenvalue weighted by Gasteiger charge is 2.70. The van der Waals surface area contributed by atoms with E-state index in [1.165, 1.54) is 57.8 Å². The molecule has 4 aliphatic carbocycles. The van der Waals surface area contributed by atoms with Gasteiger partial charge in [-0.15, -0.1) is 0 Å². The van der Waals surface area contributed by atoms with Gasteiger partial charge in [0.15, 0.2) is 0 Å². The number of methoxy groups -OCH3 is 1. The number of carbonyl (C=O) groups is 1. The highest BCUT2D eigenvalue weighted by atomic mass is 16.6. The van der Waals surface area contributed by atoms with Gasteiger partial charge >= 0.3 is 11.7 Å². The maximum atomic E-state index is 12.6. The lowest BCUT2D eigenvalue weighted by molar-refractivity contribution is -0.393. The van der Waals surface area contributed by atoms with Gasteiger partial charge in [-0.3, -0.25) is 30.4 Å². The van der Waals surface area contributed by atoms with Crippen LogP contribution in [0, 0.1) is 70.5 Å². The van der Waals surface area contributed by atoms with Crippen molar-refractivity contribution in [2.24, 2.45) is 55.3 Å². The van der Waals surface area contributed by atoms with Crippen molar-refractivity contribution in [2.75, 3.05) is 12.5 Å². The predicted octanol–water partition coefficient (Wildman–Crippen LogP) is 9.72. The van der Waals surface area contributed by atoms with Gasteiger partial charge in [0.1, 0.15) is 5.69 Å². The van der Waals surface area contributed by atoms with Gasteiger partial charge in [0, 0.05) is 23.6 Å². The first-order valence-corrected chi connectivity index (χ1v) is 17.6. The van der Waals surface area contributed by atoms with Gasteiger partial charge in [0.2, 0.25) is 0 Å². The van der Waals surface area contributed by atoms with E-state index in [0.29, 0.717) is 35.5 Å². The molecule has 1 N–H and O–H groups in total. The van der Waals surface area contributed by atoms with E-state index in [2.05, 4.69) is 53.9 Å². The van der Waals surface area contributed by atoms with Crippen molar-refractivity contribution in [2.45, 2.75) is 126 Å². The van der Waals surface area contributed by atoms with Crippen molar-refractivity contribution in [1.29, 1.82) is 0 Å². The Morgan fingerprint density at radius 3 is 2.19 bits per heavy atom. The number of carbonyl (C=O) groups excluding carboxylic acids is 1. The first-order chi connectivity index (χ1) is 21.8. The van der Waals surface area contributed by atoms with Gasteiger partial charge in [-0.2, -0.15) is 5.10 Å². The molecular formula is C37H56N4O6. The van der Waals surface area contributed by atoms with E-state index in [1.54, 1.807) is 0 Å². The monoisotopic (exact) mass is 652 g/mol. The lowest BCUT2D eigenvalue weighted by atomic mass is 9.31. The van der Waals surface area contributed by atoms with E-state index in [1.807, 2.05) is 6.92 Å². The fraction of sp³-hybridized carbons (Fsp3) is 0.784. The molecule has 0 radical (unpaired) electrons. The van der Waals surface area contributed by atoms with Crippen LogP contribution in [0.5, 0.6) is 0 Å². The molecule has 4 saturated carbocycles. The van der Waals surface area contributed by atoms with E-state index in [0.717, 1.165) is 31.0 Å². The molecule has 10 nitrogen and oxygen atoms in total. The van der Waals surface area contributed by atoms with Crippen molar-refractivity contribution in [1.82, 2.24) is 0 Å². The molecule has 8 unspecified atom stereocenters. The number of esters is 1. The van der Waals surface area contributed by atoms with E-state index in [4.69, 9.17) is 9.84 Å². The number of nitro benzene ring substituents is 2. The fourth-order valence-electron chi connectivity index (χ4n) is 11.7. The Bertz CT molecular complexity index is 1480. The molecule has 0 aliphatic heterocycles. The molecule has 0 heterocycles. The van der Waals surface area contributed by atoms with Crippen LogP contribution in [0.1, 0.15) is 126 Å². The predicted molar refractivity (Wildman–Crippen MR) is 184 cm³/mol. The average molecular weight is 653 g/mol. The number of non-ortho nitro benzene ring substituents is 1. The molecular weight excluding hydrogens is 596 g/mol. The Morgan fingerprint density at radius 2 is 1.55 bits per heavy atom. The Labute approximate surface area is 280 Å². The van der Waals surface area contributed by atoms with Crippen LogP contribution in [0.25, 0.3) is 0 Å². The topological polar surface area (TPSA) is 137 Å².